The maximum atomic E-state index is 10.3. The van der Waals surface area contributed by atoms with Crippen LogP contribution in [0.5, 0.6) is 0 Å². The van der Waals surface area contributed by atoms with Crippen LogP contribution in [0.15, 0.2) is 0 Å². The molecule has 108 valence electrons. The molecule has 0 spiro atoms. The molecule has 0 fully saturated rings. The monoisotopic (exact) mass is 293 g/mol. The third-order valence-corrected chi connectivity index (χ3v) is 8.98. The molecule has 0 aliphatic carbocycles. The van der Waals surface area contributed by atoms with Gasteiger partial charge < -0.3 is 14.8 Å². The first-order valence-electron chi connectivity index (χ1n) is 6.28. The minimum Gasteiger partial charge on any atom is -0.465 e. The SMILES string of the molecule is CC(CSCCNC(=O)O)O[Si](C)(C)C(C)(C)C. The Morgan fingerprint density at radius 2 is 2.00 bits per heavy atom. The van der Waals surface area contributed by atoms with Gasteiger partial charge in [0, 0.05) is 18.1 Å². The molecule has 1 atom stereocenters. The predicted molar refractivity (Wildman–Crippen MR) is 81.1 cm³/mol. The maximum Gasteiger partial charge on any atom is 0.404 e. The van der Waals surface area contributed by atoms with Crippen LogP contribution < -0.4 is 5.32 Å². The van der Waals surface area contributed by atoms with E-state index in [0.29, 0.717) is 6.54 Å². The smallest absolute Gasteiger partial charge is 0.404 e. The molecule has 18 heavy (non-hydrogen) atoms. The Hall–Kier alpha value is -0.203. The van der Waals surface area contributed by atoms with Gasteiger partial charge in [0.2, 0.25) is 0 Å². The third kappa shape index (κ3) is 7.28. The Morgan fingerprint density at radius 1 is 1.44 bits per heavy atom. The Labute approximate surface area is 116 Å². The van der Waals surface area contributed by atoms with Gasteiger partial charge in [-0.2, -0.15) is 11.8 Å². The van der Waals surface area contributed by atoms with Gasteiger partial charge in [-0.25, -0.2) is 4.79 Å². The van der Waals surface area contributed by atoms with E-state index in [1.807, 2.05) is 0 Å². The summed E-state index contributed by atoms with van der Waals surface area (Å²) in [5, 5.41) is 11.0. The van der Waals surface area contributed by atoms with Gasteiger partial charge in [0.05, 0.1) is 6.10 Å². The van der Waals surface area contributed by atoms with Gasteiger partial charge in [0.25, 0.3) is 0 Å². The van der Waals surface area contributed by atoms with E-state index >= 15 is 0 Å². The average Bonchev–Trinajstić information content (AvgIpc) is 2.13. The van der Waals surface area contributed by atoms with Gasteiger partial charge in [-0.15, -0.1) is 0 Å². The maximum absolute atomic E-state index is 10.3. The van der Waals surface area contributed by atoms with Gasteiger partial charge >= 0.3 is 6.09 Å². The lowest BCUT2D eigenvalue weighted by Crippen LogP contribution is -2.43. The standard InChI is InChI=1S/C12H27NO3SSi/c1-10(9-17-8-7-13-11(14)15)16-18(5,6)12(2,3)4/h10,13H,7-9H2,1-6H3,(H,14,15). The van der Waals surface area contributed by atoms with Crippen LogP contribution in [-0.2, 0) is 4.43 Å². The number of thioether (sulfide) groups is 1. The molecule has 1 unspecified atom stereocenters. The van der Waals surface area contributed by atoms with Crippen molar-refractivity contribution in [1.29, 1.82) is 0 Å². The van der Waals surface area contributed by atoms with Crippen molar-refractivity contribution in [3.05, 3.63) is 0 Å². The topological polar surface area (TPSA) is 58.6 Å². The van der Waals surface area contributed by atoms with Crippen LogP contribution in [0.3, 0.4) is 0 Å². The predicted octanol–water partition coefficient (Wildman–Crippen LogP) is 3.40. The van der Waals surface area contributed by atoms with E-state index < -0.39 is 14.4 Å². The molecule has 0 saturated heterocycles. The normalized spacial score (nSPS) is 14.3. The number of carboxylic acid groups (broad SMARTS) is 1. The van der Waals surface area contributed by atoms with Gasteiger partial charge in [0.1, 0.15) is 0 Å². The molecule has 0 aliphatic heterocycles. The van der Waals surface area contributed by atoms with E-state index in [1.54, 1.807) is 11.8 Å². The molecule has 2 N–H and O–H groups in total. The summed E-state index contributed by atoms with van der Waals surface area (Å²) in [5.41, 5.74) is 0. The number of hydrogen-bond acceptors (Lipinski definition) is 3. The Morgan fingerprint density at radius 3 is 2.44 bits per heavy atom. The summed E-state index contributed by atoms with van der Waals surface area (Å²) in [6, 6.07) is 0. The molecule has 0 aromatic carbocycles. The van der Waals surface area contributed by atoms with E-state index in [-0.39, 0.29) is 11.1 Å². The molecule has 0 saturated carbocycles. The van der Waals surface area contributed by atoms with E-state index in [1.165, 1.54) is 0 Å². The minimum atomic E-state index is -1.68. The van der Waals surface area contributed by atoms with Gasteiger partial charge in [-0.05, 0) is 25.1 Å². The number of nitrogens with one attached hydrogen (secondary N) is 1. The van der Waals surface area contributed by atoms with Gasteiger partial charge in [-0.3, -0.25) is 0 Å². The van der Waals surface area contributed by atoms with Crippen LogP contribution >= 0.6 is 11.8 Å². The molecule has 0 heterocycles. The number of carbonyl (C=O) groups is 1. The second-order valence-electron chi connectivity index (χ2n) is 6.00. The molecule has 0 aromatic heterocycles. The quantitative estimate of drug-likeness (QED) is 0.558. The van der Waals surface area contributed by atoms with Crippen LogP contribution in [0.2, 0.25) is 18.1 Å². The van der Waals surface area contributed by atoms with Crippen LogP contribution in [0, 0.1) is 0 Å². The highest BCUT2D eigenvalue weighted by Gasteiger charge is 2.38. The summed E-state index contributed by atoms with van der Waals surface area (Å²) in [7, 11) is -1.68. The van der Waals surface area contributed by atoms with Crippen molar-refractivity contribution in [2.24, 2.45) is 0 Å². The lowest BCUT2D eigenvalue weighted by Gasteiger charge is -2.38. The van der Waals surface area contributed by atoms with Crippen LogP contribution in [-0.4, -0.2) is 43.7 Å². The van der Waals surface area contributed by atoms with Crippen LogP contribution in [0.25, 0.3) is 0 Å². The number of amides is 1. The fraction of sp³-hybridized carbons (Fsp3) is 0.917. The summed E-state index contributed by atoms with van der Waals surface area (Å²) < 4.78 is 6.21. The Bertz CT molecular complexity index is 267. The summed E-state index contributed by atoms with van der Waals surface area (Å²) in [6.45, 7) is 13.8. The largest absolute Gasteiger partial charge is 0.465 e. The van der Waals surface area contributed by atoms with Crippen molar-refractivity contribution >= 4 is 26.2 Å². The van der Waals surface area contributed by atoms with E-state index in [9.17, 15) is 4.79 Å². The molecule has 0 radical (unpaired) electrons. The molecule has 1 amide bonds. The minimum absolute atomic E-state index is 0.223. The first kappa shape index (κ1) is 17.8. The van der Waals surface area contributed by atoms with E-state index in [0.717, 1.165) is 11.5 Å². The summed E-state index contributed by atoms with van der Waals surface area (Å²) in [5.74, 6) is 1.70. The summed E-state index contributed by atoms with van der Waals surface area (Å²) >= 11 is 1.73. The lowest BCUT2D eigenvalue weighted by atomic mass is 10.2. The van der Waals surface area contributed by atoms with Crippen molar-refractivity contribution < 1.29 is 14.3 Å². The van der Waals surface area contributed by atoms with Crippen molar-refractivity contribution in [3.63, 3.8) is 0 Å². The summed E-state index contributed by atoms with van der Waals surface area (Å²) in [6.07, 6.45) is -0.734. The van der Waals surface area contributed by atoms with Crippen molar-refractivity contribution in [3.8, 4) is 0 Å². The number of rotatable bonds is 7. The molecule has 4 nitrogen and oxygen atoms in total. The molecule has 6 heteroatoms. The molecular formula is C12H27NO3SSi. The fourth-order valence-electron chi connectivity index (χ4n) is 1.19. The zero-order valence-electron chi connectivity index (χ0n) is 12.4. The van der Waals surface area contributed by atoms with Gasteiger partial charge in [-0.1, -0.05) is 20.8 Å². The second-order valence-corrected chi connectivity index (χ2v) is 11.9. The van der Waals surface area contributed by atoms with Crippen LogP contribution in [0.1, 0.15) is 27.7 Å². The summed E-state index contributed by atoms with van der Waals surface area (Å²) in [4.78, 5) is 10.3. The zero-order valence-corrected chi connectivity index (χ0v) is 14.2. The van der Waals surface area contributed by atoms with Crippen molar-refractivity contribution in [2.75, 3.05) is 18.1 Å². The average molecular weight is 294 g/mol. The van der Waals surface area contributed by atoms with Crippen molar-refractivity contribution in [1.82, 2.24) is 5.32 Å². The first-order valence-corrected chi connectivity index (χ1v) is 10.3. The Balaban J connectivity index is 3.84. The van der Waals surface area contributed by atoms with E-state index in [4.69, 9.17) is 9.53 Å². The second kappa shape index (κ2) is 7.40. The highest BCUT2D eigenvalue weighted by molar-refractivity contribution is 7.99. The molecule has 0 rings (SSSR count). The van der Waals surface area contributed by atoms with E-state index in [2.05, 4.69) is 46.1 Å². The highest BCUT2D eigenvalue weighted by Crippen LogP contribution is 2.37. The fourth-order valence-corrected chi connectivity index (χ4v) is 3.57. The molecule has 0 aliphatic rings. The molecular weight excluding hydrogens is 266 g/mol. The molecule has 0 bridgehead atoms. The first-order chi connectivity index (χ1) is 8.06. The van der Waals surface area contributed by atoms with Crippen molar-refractivity contribution in [2.45, 2.75) is 51.9 Å². The zero-order chi connectivity index (χ0) is 14.4. The third-order valence-electron chi connectivity index (χ3n) is 3.18. The number of hydrogen-bond donors (Lipinski definition) is 2. The highest BCUT2D eigenvalue weighted by atomic mass is 32.2. The molecule has 0 aromatic rings. The van der Waals surface area contributed by atoms with Gasteiger partial charge in [0.15, 0.2) is 8.32 Å². The van der Waals surface area contributed by atoms with Crippen LogP contribution in [0.4, 0.5) is 4.79 Å². The Kier molecular flexibility index (Phi) is 7.32. The lowest BCUT2D eigenvalue weighted by molar-refractivity contribution is 0.195.